The fraction of sp³-hybridized carbons (Fsp3) is 0.182. The van der Waals surface area contributed by atoms with E-state index >= 15 is 0 Å². The van der Waals surface area contributed by atoms with Crippen LogP contribution in [0.25, 0.3) is 10.2 Å². The zero-order valence-electron chi connectivity index (χ0n) is 15.7. The molecule has 0 bridgehead atoms. The number of aryl methyl sites for hydroxylation is 1. The number of anilines is 1. The maximum Gasteiger partial charge on any atom is 0.279 e. The van der Waals surface area contributed by atoms with Crippen molar-refractivity contribution in [2.45, 2.75) is 26.3 Å². The maximum absolute atomic E-state index is 12.7. The largest absolute Gasteiger partial charge is 0.305 e. The van der Waals surface area contributed by atoms with Crippen LogP contribution in [0.1, 0.15) is 28.8 Å². The number of imide groups is 1. The van der Waals surface area contributed by atoms with Gasteiger partial charge in [0.1, 0.15) is 0 Å². The van der Waals surface area contributed by atoms with E-state index in [4.69, 9.17) is 6.42 Å². The van der Waals surface area contributed by atoms with Gasteiger partial charge in [-0.05, 0) is 48.9 Å². The Balaban J connectivity index is 1.69. The van der Waals surface area contributed by atoms with E-state index in [1.54, 1.807) is 24.3 Å². The number of rotatable bonds is 3. The highest BCUT2D eigenvalue weighted by atomic mass is 32.1. The van der Waals surface area contributed by atoms with Crippen molar-refractivity contribution in [2.24, 2.45) is 4.99 Å². The molecule has 1 fully saturated rings. The van der Waals surface area contributed by atoms with Crippen molar-refractivity contribution in [3.05, 3.63) is 58.4 Å². The van der Waals surface area contributed by atoms with Crippen molar-refractivity contribution >= 4 is 45.0 Å². The van der Waals surface area contributed by atoms with Crippen LogP contribution >= 0.6 is 11.3 Å². The molecule has 1 saturated heterocycles. The predicted molar refractivity (Wildman–Crippen MR) is 111 cm³/mol. The first-order chi connectivity index (χ1) is 14.0. The van der Waals surface area contributed by atoms with Gasteiger partial charge >= 0.3 is 0 Å². The standard InChI is InChI=1S/C22H17N3O3S/c1-3-12-24-17-9-4-14(2)13-18(17)29-22(24)23-21(28)15-5-7-16(8-6-15)25-19(26)10-11-20(25)27/h1,4-9,13H,10-12H2,2H3. The van der Waals surface area contributed by atoms with Gasteiger partial charge in [0.05, 0.1) is 22.4 Å². The van der Waals surface area contributed by atoms with Gasteiger partial charge in [-0.15, -0.1) is 6.42 Å². The van der Waals surface area contributed by atoms with Gasteiger partial charge in [-0.2, -0.15) is 4.99 Å². The van der Waals surface area contributed by atoms with Crippen LogP contribution < -0.4 is 9.70 Å². The van der Waals surface area contributed by atoms with E-state index in [-0.39, 0.29) is 24.7 Å². The van der Waals surface area contributed by atoms with Gasteiger partial charge < -0.3 is 4.57 Å². The molecule has 1 aromatic heterocycles. The summed E-state index contributed by atoms with van der Waals surface area (Å²) in [6.07, 6.45) is 5.93. The molecule has 29 heavy (non-hydrogen) atoms. The maximum atomic E-state index is 12.7. The monoisotopic (exact) mass is 403 g/mol. The highest BCUT2D eigenvalue weighted by molar-refractivity contribution is 7.16. The Hall–Kier alpha value is -3.50. The van der Waals surface area contributed by atoms with Gasteiger partial charge in [0.25, 0.3) is 5.91 Å². The van der Waals surface area contributed by atoms with Crippen LogP contribution in [0.3, 0.4) is 0 Å². The summed E-state index contributed by atoms with van der Waals surface area (Å²) in [5, 5.41) is 0. The number of thiazole rings is 1. The predicted octanol–water partition coefficient (Wildman–Crippen LogP) is 3.04. The van der Waals surface area contributed by atoms with Gasteiger partial charge in [0, 0.05) is 18.4 Å². The lowest BCUT2D eigenvalue weighted by molar-refractivity contribution is -0.121. The molecule has 7 heteroatoms. The molecular weight excluding hydrogens is 386 g/mol. The van der Waals surface area contributed by atoms with Crippen molar-refractivity contribution in [3.63, 3.8) is 0 Å². The fourth-order valence-corrected chi connectivity index (χ4v) is 4.40. The summed E-state index contributed by atoms with van der Waals surface area (Å²) in [6.45, 7) is 2.32. The normalized spacial score (nSPS) is 14.6. The number of fused-ring (bicyclic) bond motifs is 1. The summed E-state index contributed by atoms with van der Waals surface area (Å²) < 4.78 is 2.85. The molecule has 3 aromatic rings. The first kappa shape index (κ1) is 18.8. The topological polar surface area (TPSA) is 71.7 Å². The van der Waals surface area contributed by atoms with Crippen LogP contribution in [0, 0.1) is 19.3 Å². The molecule has 3 amide bonds. The summed E-state index contributed by atoms with van der Waals surface area (Å²) in [6, 6.07) is 12.3. The Morgan fingerprint density at radius 3 is 2.48 bits per heavy atom. The second kappa shape index (κ2) is 7.49. The first-order valence-electron chi connectivity index (χ1n) is 9.06. The average Bonchev–Trinajstić information content (AvgIpc) is 3.21. The average molecular weight is 403 g/mol. The zero-order valence-corrected chi connectivity index (χ0v) is 16.5. The smallest absolute Gasteiger partial charge is 0.279 e. The molecule has 0 saturated carbocycles. The minimum absolute atomic E-state index is 0.218. The molecule has 0 radical (unpaired) electrons. The number of benzene rings is 2. The van der Waals surface area contributed by atoms with Crippen LogP contribution in [0.15, 0.2) is 47.5 Å². The van der Waals surface area contributed by atoms with Crippen LogP contribution in [-0.2, 0) is 16.1 Å². The lowest BCUT2D eigenvalue weighted by atomic mass is 10.2. The molecular formula is C22H17N3O3S. The molecule has 0 spiro atoms. The van der Waals surface area contributed by atoms with Crippen molar-refractivity contribution in [1.82, 2.24) is 4.57 Å². The number of terminal acetylenes is 1. The van der Waals surface area contributed by atoms with Crippen LogP contribution in [0.5, 0.6) is 0 Å². The first-order valence-corrected chi connectivity index (χ1v) is 9.88. The third kappa shape index (κ3) is 3.50. The van der Waals surface area contributed by atoms with Gasteiger partial charge in [-0.1, -0.05) is 23.3 Å². The van der Waals surface area contributed by atoms with Crippen molar-refractivity contribution in [2.75, 3.05) is 4.90 Å². The molecule has 4 rings (SSSR count). The van der Waals surface area contributed by atoms with Crippen LogP contribution in [0.2, 0.25) is 0 Å². The summed E-state index contributed by atoms with van der Waals surface area (Å²) >= 11 is 1.41. The molecule has 2 aromatic carbocycles. The number of hydrogen-bond donors (Lipinski definition) is 0. The van der Waals surface area contributed by atoms with Crippen molar-refractivity contribution in [1.29, 1.82) is 0 Å². The second-order valence-corrected chi connectivity index (χ2v) is 7.74. The van der Waals surface area contributed by atoms with E-state index < -0.39 is 5.91 Å². The number of amides is 3. The van der Waals surface area contributed by atoms with Gasteiger partial charge in [0.15, 0.2) is 4.80 Å². The molecule has 1 aliphatic rings. The molecule has 1 aliphatic heterocycles. The second-order valence-electron chi connectivity index (χ2n) is 6.73. The number of hydrogen-bond acceptors (Lipinski definition) is 4. The highest BCUT2D eigenvalue weighted by Gasteiger charge is 2.30. The lowest BCUT2D eigenvalue weighted by Gasteiger charge is -2.13. The fourth-order valence-electron chi connectivity index (χ4n) is 3.28. The molecule has 0 atom stereocenters. The Morgan fingerprint density at radius 1 is 1.14 bits per heavy atom. The van der Waals surface area contributed by atoms with Crippen molar-refractivity contribution < 1.29 is 14.4 Å². The molecule has 0 aliphatic carbocycles. The van der Waals surface area contributed by atoms with Gasteiger partial charge in [-0.3, -0.25) is 19.3 Å². The van der Waals surface area contributed by atoms with E-state index in [0.717, 1.165) is 20.7 Å². The minimum atomic E-state index is -0.412. The van der Waals surface area contributed by atoms with E-state index in [1.807, 2.05) is 29.7 Å². The highest BCUT2D eigenvalue weighted by Crippen LogP contribution is 2.23. The number of carbonyl (C=O) groups excluding carboxylic acids is 3. The van der Waals surface area contributed by atoms with Gasteiger partial charge in [0.2, 0.25) is 11.8 Å². The number of nitrogens with zero attached hydrogens (tertiary/aromatic N) is 3. The van der Waals surface area contributed by atoms with Gasteiger partial charge in [-0.25, -0.2) is 0 Å². The lowest BCUT2D eigenvalue weighted by Crippen LogP contribution is -2.28. The summed E-state index contributed by atoms with van der Waals surface area (Å²) in [5.41, 5.74) is 2.89. The zero-order chi connectivity index (χ0) is 20.5. The van der Waals surface area contributed by atoms with Crippen LogP contribution in [-0.4, -0.2) is 22.3 Å². The molecule has 6 nitrogen and oxygen atoms in total. The minimum Gasteiger partial charge on any atom is -0.305 e. The van der Waals surface area contributed by atoms with E-state index in [0.29, 0.717) is 22.6 Å². The quantitative estimate of drug-likeness (QED) is 0.498. The molecule has 2 heterocycles. The third-order valence-corrected chi connectivity index (χ3v) is 5.75. The van der Waals surface area contributed by atoms with E-state index in [1.165, 1.54) is 11.3 Å². The van der Waals surface area contributed by atoms with Crippen LogP contribution in [0.4, 0.5) is 5.69 Å². The van der Waals surface area contributed by atoms with E-state index in [2.05, 4.69) is 10.9 Å². The SMILES string of the molecule is C#CCn1c(=NC(=O)c2ccc(N3C(=O)CCC3=O)cc2)sc2cc(C)ccc21. The molecule has 0 N–H and O–H groups in total. The Kier molecular flexibility index (Phi) is 4.87. The summed E-state index contributed by atoms with van der Waals surface area (Å²) in [5.74, 6) is 1.74. The number of aromatic nitrogens is 1. The Bertz CT molecular complexity index is 1240. The molecule has 144 valence electrons. The Labute approximate surface area is 171 Å². The summed E-state index contributed by atoms with van der Waals surface area (Å²) in [7, 11) is 0. The molecule has 0 unspecified atom stereocenters. The van der Waals surface area contributed by atoms with Crippen molar-refractivity contribution in [3.8, 4) is 12.3 Å². The summed E-state index contributed by atoms with van der Waals surface area (Å²) in [4.78, 5) is 42.4. The third-order valence-electron chi connectivity index (χ3n) is 4.71. The number of carbonyl (C=O) groups is 3. The Morgan fingerprint density at radius 2 is 1.83 bits per heavy atom. The van der Waals surface area contributed by atoms with E-state index in [9.17, 15) is 14.4 Å².